The Morgan fingerprint density at radius 1 is 0.146 bits per heavy atom. The van der Waals surface area contributed by atoms with Crippen molar-refractivity contribution < 1.29 is 71.1 Å². The highest BCUT2D eigenvalue weighted by molar-refractivity contribution is 5.49. The molecule has 0 atom stereocenters. The van der Waals surface area contributed by atoms with Crippen molar-refractivity contribution in [2.24, 2.45) is 0 Å². The summed E-state index contributed by atoms with van der Waals surface area (Å²) in [7, 11) is 0. The molecule has 15 heteroatoms. The van der Waals surface area contributed by atoms with Gasteiger partial charge < -0.3 is 71.1 Å². The maximum absolute atomic E-state index is 6.95. The van der Waals surface area contributed by atoms with Crippen LogP contribution in [0, 0.1) is 0 Å². The molecule has 0 aliphatic rings. The molecule has 652 valence electrons. The van der Waals surface area contributed by atoms with Crippen LogP contribution in [0.25, 0.3) is 6.08 Å². The van der Waals surface area contributed by atoms with Gasteiger partial charge in [0.05, 0.1) is 13.2 Å². The fourth-order valence-corrected chi connectivity index (χ4v) is 14.3. The zero-order chi connectivity index (χ0) is 88.2. The van der Waals surface area contributed by atoms with E-state index in [-0.39, 0.29) is 46.2 Å². The Balaban J connectivity index is 0.699. The van der Waals surface area contributed by atoms with Crippen LogP contribution >= 0.6 is 0 Å². The quantitative estimate of drug-likeness (QED) is 0.0334. The fourth-order valence-electron chi connectivity index (χ4n) is 14.3. The molecule has 0 N–H and O–H groups in total. The fraction of sp³-hybridized carbons (Fsp3) is 0.148. The summed E-state index contributed by atoms with van der Waals surface area (Å²) in [4.78, 5) is 0. The molecule has 0 spiro atoms. The van der Waals surface area contributed by atoms with Crippen molar-refractivity contribution in [3.8, 4) is 80.5 Å². The van der Waals surface area contributed by atoms with E-state index >= 15 is 0 Å². The molecule has 0 aromatic heterocycles. The Kier molecular flexibility index (Phi) is 31.5. The minimum absolute atomic E-state index is 0.0874. The van der Waals surface area contributed by atoms with Crippen molar-refractivity contribution in [3.63, 3.8) is 0 Å². The van der Waals surface area contributed by atoms with Crippen LogP contribution in [0.15, 0.2) is 401 Å². The van der Waals surface area contributed by atoms with E-state index in [0.717, 1.165) is 94.6 Å². The lowest BCUT2D eigenvalue weighted by Crippen LogP contribution is -2.05. The predicted molar refractivity (Wildman–Crippen MR) is 507 cm³/mol. The minimum Gasteiger partial charge on any atom is -0.489 e. The normalized spacial score (nSPS) is 10.9. The van der Waals surface area contributed by atoms with Crippen LogP contribution in [0.1, 0.15) is 94.6 Å². The monoisotopic (exact) mass is 1720 g/mol. The summed E-state index contributed by atoms with van der Waals surface area (Å²) in [5, 5.41) is 0. The van der Waals surface area contributed by atoms with Gasteiger partial charge in [0.2, 0.25) is 0 Å². The highest BCUT2D eigenvalue weighted by Gasteiger charge is 2.17. The molecule has 0 radical (unpaired) electrons. The lowest BCUT2D eigenvalue weighted by Gasteiger charge is -2.17. The topological polar surface area (TPSA) is 138 Å². The zero-order valence-electron chi connectivity index (χ0n) is 72.5. The Bertz CT molecular complexity index is 5280. The highest BCUT2D eigenvalue weighted by Crippen LogP contribution is 2.36. The minimum atomic E-state index is 0.0874. The molecule has 0 fully saturated rings. The van der Waals surface area contributed by atoms with Crippen molar-refractivity contribution >= 4 is 6.08 Å². The van der Waals surface area contributed by atoms with E-state index < -0.39 is 0 Å². The molecule has 16 rings (SSSR count). The first kappa shape index (κ1) is 87.9. The van der Waals surface area contributed by atoms with Crippen molar-refractivity contribution in [1.82, 2.24) is 0 Å². The van der Waals surface area contributed by atoms with Crippen LogP contribution in [0.2, 0.25) is 0 Å². The van der Waals surface area contributed by atoms with Gasteiger partial charge >= 0.3 is 0 Å². The maximum Gasteiger partial charge on any atom is 0.123 e. The highest BCUT2D eigenvalue weighted by atomic mass is 16.5. The summed E-state index contributed by atoms with van der Waals surface area (Å²) < 4.78 is 99.5. The third kappa shape index (κ3) is 28.5. The second-order valence-corrected chi connectivity index (χ2v) is 31.4. The van der Waals surface area contributed by atoms with Crippen molar-refractivity contribution in [3.05, 3.63) is 495 Å². The number of benzene rings is 16. The third-order valence-electron chi connectivity index (χ3n) is 21.0. The van der Waals surface area contributed by atoms with E-state index in [0.29, 0.717) is 146 Å². The second-order valence-electron chi connectivity index (χ2n) is 31.4. The molecular weight excluding hydrogens is 1620 g/mol. The summed E-state index contributed by atoms with van der Waals surface area (Å²) in [5.41, 5.74) is 16.1. The SMILES string of the molecule is C=Cc1ccc(CCOCc2cc(OCc3cc(OCc4cc(OCc5ccccc5)cc(OCc5ccccc5)c4)cc(OCc4cc(OCc5ccccc5)cc(OCc5ccccc5)c4)c3)cc(OCc3cc(OCc4cc(OCc5ccccc5)cc(OCc5ccccc5)c4)cc(OCc4cc(OCc5ccccc5)cc(OCc5ccccc5)c4)c3)c2)cc1. The van der Waals surface area contributed by atoms with Gasteiger partial charge in [0.1, 0.15) is 173 Å². The molecule has 15 nitrogen and oxygen atoms in total. The zero-order valence-corrected chi connectivity index (χ0v) is 72.5. The molecule has 16 aromatic rings. The molecule has 0 heterocycles. The number of rotatable bonds is 48. The Labute approximate surface area is 760 Å². The smallest absolute Gasteiger partial charge is 0.123 e. The summed E-state index contributed by atoms with van der Waals surface area (Å²) in [6, 6.07) is 130. The third-order valence-corrected chi connectivity index (χ3v) is 21.0. The van der Waals surface area contributed by atoms with Crippen molar-refractivity contribution in [2.45, 2.75) is 106 Å². The van der Waals surface area contributed by atoms with Crippen LogP contribution in [-0.4, -0.2) is 6.61 Å². The molecule has 0 bridgehead atoms. The molecule has 16 aromatic carbocycles. The van der Waals surface area contributed by atoms with Crippen LogP contribution in [-0.2, 0) is 110 Å². The molecule has 0 aliphatic carbocycles. The van der Waals surface area contributed by atoms with Gasteiger partial charge in [-0.3, -0.25) is 0 Å². The average Bonchev–Trinajstić information content (AvgIpc) is 0.835. The largest absolute Gasteiger partial charge is 0.489 e. The van der Waals surface area contributed by atoms with Gasteiger partial charge in [-0.15, -0.1) is 0 Å². The van der Waals surface area contributed by atoms with Gasteiger partial charge in [0, 0.05) is 42.5 Å². The van der Waals surface area contributed by atoms with Crippen LogP contribution < -0.4 is 66.3 Å². The Hall–Kier alpha value is -15.6. The van der Waals surface area contributed by atoms with E-state index in [9.17, 15) is 0 Å². The first-order valence-corrected chi connectivity index (χ1v) is 43.6. The van der Waals surface area contributed by atoms with Gasteiger partial charge in [-0.25, -0.2) is 0 Å². The van der Waals surface area contributed by atoms with Crippen molar-refractivity contribution in [2.75, 3.05) is 6.61 Å². The molecule has 0 saturated carbocycles. The average molecular weight is 1720 g/mol. The van der Waals surface area contributed by atoms with Gasteiger partial charge in [-0.1, -0.05) is 280 Å². The van der Waals surface area contributed by atoms with E-state index in [1.54, 1.807) is 0 Å². The number of hydrogen-bond donors (Lipinski definition) is 0. The second kappa shape index (κ2) is 46.6. The summed E-state index contributed by atoms with van der Waals surface area (Å²) in [5.74, 6) is 8.26. The number of ether oxygens (including phenoxy) is 15. The Morgan fingerprint density at radius 3 is 0.446 bits per heavy atom. The van der Waals surface area contributed by atoms with Gasteiger partial charge in [0.15, 0.2) is 0 Å². The van der Waals surface area contributed by atoms with Crippen molar-refractivity contribution in [1.29, 1.82) is 0 Å². The van der Waals surface area contributed by atoms with E-state index in [4.69, 9.17) is 71.1 Å². The van der Waals surface area contributed by atoms with Gasteiger partial charge in [-0.2, -0.15) is 0 Å². The molecule has 0 amide bonds. The summed E-state index contributed by atoms with van der Waals surface area (Å²) in [6.07, 6.45) is 2.54. The van der Waals surface area contributed by atoms with Crippen LogP contribution in [0.3, 0.4) is 0 Å². The molecule has 0 unspecified atom stereocenters. The summed E-state index contributed by atoms with van der Waals surface area (Å²) >= 11 is 0. The van der Waals surface area contributed by atoms with Crippen LogP contribution in [0.5, 0.6) is 80.5 Å². The van der Waals surface area contributed by atoms with Gasteiger partial charge in [-0.05, 0) is 186 Å². The van der Waals surface area contributed by atoms with E-state index in [1.165, 1.54) is 0 Å². The Morgan fingerprint density at radius 2 is 0.292 bits per heavy atom. The molecule has 0 saturated heterocycles. The predicted octanol–water partition coefficient (Wildman–Crippen LogP) is 26.2. The maximum atomic E-state index is 6.95. The molecule has 130 heavy (non-hydrogen) atoms. The van der Waals surface area contributed by atoms with Gasteiger partial charge in [0.25, 0.3) is 0 Å². The number of hydrogen-bond acceptors (Lipinski definition) is 15. The standard InChI is InChI=1S/C115H102O15/c1-2-85-43-45-86(46-44-85)47-48-116-70-95-49-102(125-79-100-59-112(127-81-96-51-104(117-71-87-27-11-3-12-28-87)64-105(52-96)118-72-88-29-13-4-14-30-88)68-113(60-100)128-82-97-53-106(119-73-89-31-15-5-16-32-89)65-107(54-97)120-74-90-33-17-6-18-34-90)63-103(50-95)126-80-101-61-114(129-83-98-55-108(121-75-91-35-19-7-20-36-91)66-109(56-98)122-76-92-37-21-8-22-38-92)69-115(62-101)130-84-99-57-110(123-77-93-39-23-9-24-40-93)67-111(58-99)124-78-94-41-25-10-26-42-94/h2-46,49-69H,1,47-48,70-84H2. The molecular formula is C115H102O15. The lowest BCUT2D eigenvalue weighted by atomic mass is 10.1. The summed E-state index contributed by atoms with van der Waals surface area (Å²) in [6.45, 7) is 8.33. The van der Waals surface area contributed by atoms with E-state index in [1.807, 2.05) is 376 Å². The first-order valence-electron chi connectivity index (χ1n) is 43.6. The first-order chi connectivity index (χ1) is 64.2. The van der Waals surface area contributed by atoms with Crippen LogP contribution in [0.4, 0.5) is 0 Å². The molecule has 0 aliphatic heterocycles. The van der Waals surface area contributed by atoms with E-state index in [2.05, 4.69) is 30.8 Å². The lowest BCUT2D eigenvalue weighted by molar-refractivity contribution is 0.123.